The normalized spacial score (nSPS) is 25.8. The van der Waals surface area contributed by atoms with Crippen LogP contribution in [0.3, 0.4) is 0 Å². The summed E-state index contributed by atoms with van der Waals surface area (Å²) < 4.78 is 0. The van der Waals surface area contributed by atoms with Crippen molar-refractivity contribution in [2.75, 3.05) is 26.2 Å². The van der Waals surface area contributed by atoms with E-state index in [0.29, 0.717) is 18.5 Å². The lowest BCUT2D eigenvalue weighted by Crippen LogP contribution is -2.48. The molecule has 2 atom stereocenters. The van der Waals surface area contributed by atoms with Crippen molar-refractivity contribution < 1.29 is 4.79 Å². The molecule has 0 radical (unpaired) electrons. The standard InChI is InChI=1S/C13H27N3O/c1-3-4-7-15-13(17)10-16-9-12(8-14)6-5-11(16)2/h11-12H,3-10,14H2,1-2H3,(H,15,17). The van der Waals surface area contributed by atoms with E-state index in [1.165, 1.54) is 6.42 Å². The summed E-state index contributed by atoms with van der Waals surface area (Å²) in [5, 5.41) is 2.97. The van der Waals surface area contributed by atoms with Gasteiger partial charge >= 0.3 is 0 Å². The molecule has 1 aliphatic heterocycles. The molecular weight excluding hydrogens is 214 g/mol. The molecule has 1 heterocycles. The van der Waals surface area contributed by atoms with E-state index in [1.54, 1.807) is 0 Å². The number of piperidine rings is 1. The van der Waals surface area contributed by atoms with Gasteiger partial charge in [0.15, 0.2) is 0 Å². The lowest BCUT2D eigenvalue weighted by molar-refractivity contribution is -0.123. The molecule has 1 rings (SSSR count). The highest BCUT2D eigenvalue weighted by Crippen LogP contribution is 2.20. The first-order chi connectivity index (χ1) is 8.17. The topological polar surface area (TPSA) is 58.4 Å². The molecule has 1 aliphatic rings. The summed E-state index contributed by atoms with van der Waals surface area (Å²) in [7, 11) is 0. The summed E-state index contributed by atoms with van der Waals surface area (Å²) >= 11 is 0. The SMILES string of the molecule is CCCCNC(=O)CN1CC(CN)CCC1C. The number of unbranched alkanes of at least 4 members (excludes halogenated alkanes) is 1. The Bertz CT molecular complexity index is 233. The smallest absolute Gasteiger partial charge is 0.234 e. The van der Waals surface area contributed by atoms with Crippen molar-refractivity contribution in [2.24, 2.45) is 11.7 Å². The number of nitrogens with two attached hydrogens (primary N) is 1. The van der Waals surface area contributed by atoms with Crippen LogP contribution >= 0.6 is 0 Å². The first-order valence-electron chi connectivity index (χ1n) is 6.88. The van der Waals surface area contributed by atoms with E-state index in [4.69, 9.17) is 5.73 Å². The van der Waals surface area contributed by atoms with Crippen LogP contribution in [0.15, 0.2) is 0 Å². The average molecular weight is 241 g/mol. The van der Waals surface area contributed by atoms with Crippen LogP contribution in [0.5, 0.6) is 0 Å². The number of carbonyl (C=O) groups is 1. The van der Waals surface area contributed by atoms with Crippen molar-refractivity contribution in [3.8, 4) is 0 Å². The summed E-state index contributed by atoms with van der Waals surface area (Å²) in [6, 6.07) is 0.509. The Morgan fingerprint density at radius 2 is 2.24 bits per heavy atom. The average Bonchev–Trinajstić information content (AvgIpc) is 2.32. The van der Waals surface area contributed by atoms with E-state index in [1.807, 2.05) is 0 Å². The lowest BCUT2D eigenvalue weighted by atomic mass is 9.93. The number of hydrogen-bond donors (Lipinski definition) is 2. The van der Waals surface area contributed by atoms with Crippen molar-refractivity contribution in [3.63, 3.8) is 0 Å². The van der Waals surface area contributed by atoms with Gasteiger partial charge in [-0.25, -0.2) is 0 Å². The Labute approximate surface area is 105 Å². The number of nitrogens with zero attached hydrogens (tertiary/aromatic N) is 1. The fraction of sp³-hybridized carbons (Fsp3) is 0.923. The van der Waals surface area contributed by atoms with E-state index >= 15 is 0 Å². The highest BCUT2D eigenvalue weighted by Gasteiger charge is 2.25. The zero-order chi connectivity index (χ0) is 12.7. The van der Waals surface area contributed by atoms with Crippen LogP contribution < -0.4 is 11.1 Å². The van der Waals surface area contributed by atoms with Crippen molar-refractivity contribution in [1.29, 1.82) is 0 Å². The molecule has 0 aromatic rings. The van der Waals surface area contributed by atoms with Gasteiger partial charge in [0.1, 0.15) is 0 Å². The first-order valence-corrected chi connectivity index (χ1v) is 6.88. The molecule has 100 valence electrons. The fourth-order valence-electron chi connectivity index (χ4n) is 2.32. The summed E-state index contributed by atoms with van der Waals surface area (Å²) in [5.74, 6) is 0.720. The minimum Gasteiger partial charge on any atom is -0.355 e. The Kier molecular flexibility index (Phi) is 6.52. The number of amides is 1. The summed E-state index contributed by atoms with van der Waals surface area (Å²) in [6.45, 7) is 7.37. The maximum atomic E-state index is 11.7. The number of carbonyl (C=O) groups excluding carboxylic acids is 1. The highest BCUT2D eigenvalue weighted by molar-refractivity contribution is 5.78. The Hall–Kier alpha value is -0.610. The third kappa shape index (κ3) is 5.04. The Morgan fingerprint density at radius 3 is 2.88 bits per heavy atom. The highest BCUT2D eigenvalue weighted by atomic mass is 16.2. The molecule has 1 saturated heterocycles. The quantitative estimate of drug-likeness (QED) is 0.681. The second kappa shape index (κ2) is 7.67. The maximum absolute atomic E-state index is 11.7. The molecule has 0 aromatic heterocycles. The Balaban J connectivity index is 2.30. The van der Waals surface area contributed by atoms with Crippen LogP contribution in [0, 0.1) is 5.92 Å². The van der Waals surface area contributed by atoms with E-state index < -0.39 is 0 Å². The van der Waals surface area contributed by atoms with Crippen LogP contribution in [0.4, 0.5) is 0 Å². The molecule has 4 heteroatoms. The van der Waals surface area contributed by atoms with Gasteiger partial charge in [-0.05, 0) is 38.6 Å². The van der Waals surface area contributed by atoms with Crippen LogP contribution in [0.2, 0.25) is 0 Å². The molecule has 0 bridgehead atoms. The van der Waals surface area contributed by atoms with Gasteiger partial charge in [0.2, 0.25) is 5.91 Å². The first kappa shape index (κ1) is 14.5. The third-order valence-corrected chi connectivity index (χ3v) is 3.64. The molecule has 3 N–H and O–H groups in total. The molecule has 1 fully saturated rings. The summed E-state index contributed by atoms with van der Waals surface area (Å²) in [5.41, 5.74) is 5.71. The second-order valence-electron chi connectivity index (χ2n) is 5.16. The molecule has 17 heavy (non-hydrogen) atoms. The van der Waals surface area contributed by atoms with Crippen molar-refractivity contribution >= 4 is 5.91 Å². The summed E-state index contributed by atoms with van der Waals surface area (Å²) in [6.07, 6.45) is 4.54. The molecule has 4 nitrogen and oxygen atoms in total. The number of rotatable bonds is 6. The maximum Gasteiger partial charge on any atom is 0.234 e. The third-order valence-electron chi connectivity index (χ3n) is 3.64. The lowest BCUT2D eigenvalue weighted by Gasteiger charge is -2.37. The molecule has 1 amide bonds. The zero-order valence-corrected chi connectivity index (χ0v) is 11.2. The number of likely N-dealkylation sites (tertiary alicyclic amines) is 1. The van der Waals surface area contributed by atoms with E-state index in [9.17, 15) is 4.79 Å². The molecule has 0 aliphatic carbocycles. The zero-order valence-electron chi connectivity index (χ0n) is 11.2. The summed E-state index contributed by atoms with van der Waals surface area (Å²) in [4.78, 5) is 14.0. The van der Waals surface area contributed by atoms with Crippen LogP contribution in [-0.2, 0) is 4.79 Å². The minimum absolute atomic E-state index is 0.156. The van der Waals surface area contributed by atoms with E-state index in [0.717, 1.165) is 38.9 Å². The minimum atomic E-state index is 0.156. The van der Waals surface area contributed by atoms with Gasteiger partial charge in [-0.3, -0.25) is 9.69 Å². The van der Waals surface area contributed by atoms with Crippen LogP contribution in [-0.4, -0.2) is 43.0 Å². The number of hydrogen-bond acceptors (Lipinski definition) is 3. The Morgan fingerprint density at radius 1 is 1.47 bits per heavy atom. The monoisotopic (exact) mass is 241 g/mol. The second-order valence-corrected chi connectivity index (χ2v) is 5.16. The van der Waals surface area contributed by atoms with Gasteiger partial charge in [0, 0.05) is 19.1 Å². The van der Waals surface area contributed by atoms with Gasteiger partial charge in [-0.2, -0.15) is 0 Å². The molecule has 0 aromatic carbocycles. The van der Waals surface area contributed by atoms with Crippen LogP contribution in [0.1, 0.15) is 39.5 Å². The van der Waals surface area contributed by atoms with Crippen molar-refractivity contribution in [3.05, 3.63) is 0 Å². The van der Waals surface area contributed by atoms with Crippen molar-refractivity contribution in [1.82, 2.24) is 10.2 Å². The molecule has 2 unspecified atom stereocenters. The number of nitrogens with one attached hydrogen (secondary N) is 1. The fourth-order valence-corrected chi connectivity index (χ4v) is 2.32. The predicted molar refractivity (Wildman–Crippen MR) is 70.7 cm³/mol. The molecule has 0 spiro atoms. The largest absolute Gasteiger partial charge is 0.355 e. The molecule has 0 saturated carbocycles. The van der Waals surface area contributed by atoms with Gasteiger partial charge in [-0.1, -0.05) is 13.3 Å². The van der Waals surface area contributed by atoms with Crippen LogP contribution in [0.25, 0.3) is 0 Å². The van der Waals surface area contributed by atoms with Gasteiger partial charge < -0.3 is 11.1 Å². The van der Waals surface area contributed by atoms with Crippen molar-refractivity contribution in [2.45, 2.75) is 45.6 Å². The van der Waals surface area contributed by atoms with Gasteiger partial charge in [0.25, 0.3) is 0 Å². The van der Waals surface area contributed by atoms with E-state index in [2.05, 4.69) is 24.1 Å². The van der Waals surface area contributed by atoms with Gasteiger partial charge in [-0.15, -0.1) is 0 Å². The predicted octanol–water partition coefficient (Wildman–Crippen LogP) is 0.962. The molecular formula is C13H27N3O. The van der Waals surface area contributed by atoms with E-state index in [-0.39, 0.29) is 5.91 Å². The van der Waals surface area contributed by atoms with Gasteiger partial charge in [0.05, 0.1) is 6.54 Å².